The van der Waals surface area contributed by atoms with Crippen LogP contribution in [0.1, 0.15) is 25.2 Å². The van der Waals surface area contributed by atoms with Gasteiger partial charge in [0, 0.05) is 19.6 Å². The Morgan fingerprint density at radius 1 is 1.31 bits per heavy atom. The lowest BCUT2D eigenvalue weighted by atomic mass is 10.1. The Balaban J connectivity index is 1.85. The third kappa shape index (κ3) is 2.93. The van der Waals surface area contributed by atoms with Gasteiger partial charge in [-0.1, -0.05) is 0 Å². The maximum absolute atomic E-state index is 5.31. The number of hydrogen-bond donors (Lipinski definition) is 1. The first-order chi connectivity index (χ1) is 7.90. The van der Waals surface area contributed by atoms with Crippen LogP contribution in [0.2, 0.25) is 0 Å². The van der Waals surface area contributed by atoms with E-state index >= 15 is 0 Å². The van der Waals surface area contributed by atoms with Crippen molar-refractivity contribution >= 4 is 5.95 Å². The molecule has 2 rings (SSSR count). The molecular formula is C10H18N4O2. The van der Waals surface area contributed by atoms with Crippen LogP contribution in [0.3, 0.4) is 0 Å². The summed E-state index contributed by atoms with van der Waals surface area (Å²) in [4.78, 5) is 6.44. The van der Waals surface area contributed by atoms with Gasteiger partial charge in [0.05, 0.1) is 6.61 Å². The summed E-state index contributed by atoms with van der Waals surface area (Å²) in [6.07, 6.45) is 3.70. The molecule has 1 aliphatic heterocycles. The zero-order chi connectivity index (χ0) is 11.2. The minimum absolute atomic E-state index is 0.345. The Bertz CT molecular complexity index is 310. The van der Waals surface area contributed by atoms with Crippen LogP contribution in [0.4, 0.5) is 5.95 Å². The van der Waals surface area contributed by atoms with Gasteiger partial charge in [-0.05, 0) is 24.4 Å². The van der Waals surface area contributed by atoms with Crippen LogP contribution in [-0.4, -0.2) is 36.4 Å². The van der Waals surface area contributed by atoms with Crippen molar-refractivity contribution in [3.63, 3.8) is 0 Å². The predicted octanol–water partition coefficient (Wildman–Crippen LogP) is 0.535. The molecule has 0 atom stereocenters. The Hall–Kier alpha value is -1.14. The highest BCUT2D eigenvalue weighted by atomic mass is 16.5. The largest absolute Gasteiger partial charge is 0.370 e. The van der Waals surface area contributed by atoms with Crippen LogP contribution in [0.15, 0.2) is 4.52 Å². The third-order valence-corrected chi connectivity index (χ3v) is 2.58. The van der Waals surface area contributed by atoms with Crippen molar-refractivity contribution in [2.45, 2.75) is 25.9 Å². The van der Waals surface area contributed by atoms with Crippen LogP contribution in [-0.2, 0) is 11.3 Å². The molecule has 0 radical (unpaired) electrons. The van der Waals surface area contributed by atoms with E-state index in [1.165, 1.54) is 19.3 Å². The Morgan fingerprint density at radius 2 is 2.12 bits per heavy atom. The molecule has 1 aromatic heterocycles. The van der Waals surface area contributed by atoms with Crippen molar-refractivity contribution in [1.29, 1.82) is 0 Å². The summed E-state index contributed by atoms with van der Waals surface area (Å²) in [5, 5.41) is 3.95. The van der Waals surface area contributed by atoms with E-state index in [0.717, 1.165) is 13.1 Å². The van der Waals surface area contributed by atoms with Gasteiger partial charge in [-0.15, -0.1) is 0 Å². The highest BCUT2D eigenvalue weighted by molar-refractivity contribution is 5.27. The Morgan fingerprint density at radius 3 is 2.88 bits per heavy atom. The van der Waals surface area contributed by atoms with Crippen LogP contribution in [0, 0.1) is 0 Å². The van der Waals surface area contributed by atoms with Gasteiger partial charge in [0.2, 0.25) is 0 Å². The topological polar surface area (TPSA) is 77.4 Å². The molecule has 1 saturated heterocycles. The molecule has 0 unspecified atom stereocenters. The zero-order valence-corrected chi connectivity index (χ0v) is 9.39. The number of ether oxygens (including phenoxy) is 1. The van der Waals surface area contributed by atoms with Gasteiger partial charge in [-0.2, -0.15) is 4.98 Å². The number of anilines is 1. The molecule has 1 fully saturated rings. The van der Waals surface area contributed by atoms with Gasteiger partial charge in [0.1, 0.15) is 6.61 Å². The Kier molecular flexibility index (Phi) is 4.12. The average molecular weight is 226 g/mol. The first kappa shape index (κ1) is 11.3. The second-order valence-corrected chi connectivity index (χ2v) is 3.88. The second kappa shape index (κ2) is 5.81. The van der Waals surface area contributed by atoms with E-state index in [9.17, 15) is 0 Å². The molecule has 1 aliphatic rings. The standard InChI is InChI=1S/C10H18N4O2/c11-4-7-15-8-9-12-10(13-16-9)14-5-2-1-3-6-14/h1-8,11H2. The van der Waals surface area contributed by atoms with Gasteiger partial charge in [-0.25, -0.2) is 0 Å². The lowest BCUT2D eigenvalue weighted by Crippen LogP contribution is -2.30. The van der Waals surface area contributed by atoms with Crippen molar-refractivity contribution in [3.05, 3.63) is 5.89 Å². The van der Waals surface area contributed by atoms with Crippen LogP contribution in [0.25, 0.3) is 0 Å². The van der Waals surface area contributed by atoms with Gasteiger partial charge in [-0.3, -0.25) is 0 Å². The van der Waals surface area contributed by atoms with Crippen LogP contribution >= 0.6 is 0 Å². The molecule has 2 N–H and O–H groups in total. The van der Waals surface area contributed by atoms with Crippen molar-refractivity contribution < 1.29 is 9.26 Å². The summed E-state index contributed by atoms with van der Waals surface area (Å²) >= 11 is 0. The highest BCUT2D eigenvalue weighted by Gasteiger charge is 2.16. The number of rotatable bonds is 5. The quantitative estimate of drug-likeness (QED) is 0.738. The number of nitrogens with two attached hydrogens (primary N) is 1. The molecule has 0 aliphatic carbocycles. The lowest BCUT2D eigenvalue weighted by Gasteiger charge is -2.24. The molecule has 1 aromatic rings. The van der Waals surface area contributed by atoms with Gasteiger partial charge in [0.25, 0.3) is 11.8 Å². The minimum Gasteiger partial charge on any atom is -0.370 e. The first-order valence-electron chi connectivity index (χ1n) is 5.75. The fourth-order valence-electron chi connectivity index (χ4n) is 1.77. The second-order valence-electron chi connectivity index (χ2n) is 3.88. The molecule has 90 valence electrons. The average Bonchev–Trinajstić information content (AvgIpc) is 2.79. The third-order valence-electron chi connectivity index (χ3n) is 2.58. The smallest absolute Gasteiger partial charge is 0.266 e. The number of hydrogen-bond acceptors (Lipinski definition) is 6. The number of aromatic nitrogens is 2. The van der Waals surface area contributed by atoms with E-state index < -0.39 is 0 Å². The molecule has 0 saturated carbocycles. The summed E-state index contributed by atoms with van der Waals surface area (Å²) in [5.41, 5.74) is 5.31. The monoisotopic (exact) mass is 226 g/mol. The van der Waals surface area contributed by atoms with E-state index in [-0.39, 0.29) is 0 Å². The van der Waals surface area contributed by atoms with E-state index in [2.05, 4.69) is 15.0 Å². The van der Waals surface area contributed by atoms with E-state index in [1.54, 1.807) is 0 Å². The molecule has 6 heteroatoms. The van der Waals surface area contributed by atoms with Crippen molar-refractivity contribution in [3.8, 4) is 0 Å². The maximum atomic E-state index is 5.31. The van der Waals surface area contributed by atoms with Gasteiger partial charge in [0.15, 0.2) is 0 Å². The van der Waals surface area contributed by atoms with Crippen LogP contribution < -0.4 is 10.6 Å². The molecule has 6 nitrogen and oxygen atoms in total. The van der Waals surface area contributed by atoms with E-state index in [4.69, 9.17) is 15.0 Å². The highest BCUT2D eigenvalue weighted by Crippen LogP contribution is 2.16. The molecule has 0 spiro atoms. The van der Waals surface area contributed by atoms with E-state index in [1.807, 2.05) is 0 Å². The zero-order valence-electron chi connectivity index (χ0n) is 9.39. The molecule has 0 bridgehead atoms. The van der Waals surface area contributed by atoms with Crippen molar-refractivity contribution in [2.24, 2.45) is 5.73 Å². The van der Waals surface area contributed by atoms with Crippen molar-refractivity contribution in [1.82, 2.24) is 10.1 Å². The maximum Gasteiger partial charge on any atom is 0.266 e. The van der Waals surface area contributed by atoms with E-state index in [0.29, 0.717) is 31.6 Å². The summed E-state index contributed by atoms with van der Waals surface area (Å²) in [6, 6.07) is 0. The summed E-state index contributed by atoms with van der Waals surface area (Å²) in [7, 11) is 0. The Labute approximate surface area is 94.7 Å². The van der Waals surface area contributed by atoms with Gasteiger partial charge < -0.3 is 19.9 Å². The fraction of sp³-hybridized carbons (Fsp3) is 0.800. The summed E-state index contributed by atoms with van der Waals surface area (Å²) in [6.45, 7) is 3.40. The lowest BCUT2D eigenvalue weighted by molar-refractivity contribution is 0.104. The minimum atomic E-state index is 0.345. The summed E-state index contributed by atoms with van der Waals surface area (Å²) in [5.74, 6) is 1.21. The van der Waals surface area contributed by atoms with Gasteiger partial charge >= 0.3 is 0 Å². The SMILES string of the molecule is NCCOCc1nc(N2CCCCC2)no1. The molecule has 0 aromatic carbocycles. The normalized spacial score (nSPS) is 16.7. The first-order valence-corrected chi connectivity index (χ1v) is 5.75. The number of nitrogens with zero attached hydrogens (tertiary/aromatic N) is 3. The molecular weight excluding hydrogens is 208 g/mol. The summed E-state index contributed by atoms with van der Waals surface area (Å²) < 4.78 is 10.3. The van der Waals surface area contributed by atoms with Crippen molar-refractivity contribution in [2.75, 3.05) is 31.1 Å². The van der Waals surface area contributed by atoms with Crippen LogP contribution in [0.5, 0.6) is 0 Å². The number of piperidine rings is 1. The molecule has 2 heterocycles. The predicted molar refractivity (Wildman–Crippen MR) is 59.1 cm³/mol. The molecule has 16 heavy (non-hydrogen) atoms. The molecule has 0 amide bonds. The fourth-order valence-corrected chi connectivity index (χ4v) is 1.77.